The molecule has 1 N–H and O–H groups in total. The molecule has 0 aliphatic rings. The molecule has 4 nitrogen and oxygen atoms in total. The molecule has 0 aromatic carbocycles. The highest BCUT2D eigenvalue weighted by Gasteiger charge is 2.15. The molecule has 0 aliphatic heterocycles. The molecule has 0 atom stereocenters. The summed E-state index contributed by atoms with van der Waals surface area (Å²) in [4.78, 5) is 18.5. The van der Waals surface area contributed by atoms with Crippen molar-refractivity contribution >= 4 is 23.1 Å². The van der Waals surface area contributed by atoms with Gasteiger partial charge in [-0.3, -0.25) is 0 Å². The summed E-state index contributed by atoms with van der Waals surface area (Å²) in [5.41, 5.74) is 1.78. The highest BCUT2D eigenvalue weighted by molar-refractivity contribution is 6.01. The van der Waals surface area contributed by atoms with E-state index in [1.54, 1.807) is 12.3 Å². The van der Waals surface area contributed by atoms with Crippen molar-refractivity contribution in [1.82, 2.24) is 9.97 Å². The lowest BCUT2D eigenvalue weighted by molar-refractivity contribution is 0.0595. The van der Waals surface area contributed by atoms with Crippen LogP contribution in [0, 0.1) is 0 Å². The topological polar surface area (TPSA) is 55.0 Å². The molecule has 0 fully saturated rings. The van der Waals surface area contributed by atoms with Crippen LogP contribution in [-0.2, 0) is 4.74 Å². The first kappa shape index (κ1) is 9.45. The number of aromatic nitrogens is 2. The minimum absolute atomic E-state index is 0.390. The molecule has 0 spiro atoms. The van der Waals surface area contributed by atoms with Gasteiger partial charge in [-0.1, -0.05) is 12.7 Å². The first-order valence-electron chi connectivity index (χ1n) is 4.45. The van der Waals surface area contributed by atoms with E-state index in [0.717, 1.165) is 10.9 Å². The molecule has 0 bridgehead atoms. The SMILES string of the molecule is C=Cc1c(C(=O)OC)[nH]c2ncccc12. The molecule has 4 heteroatoms. The number of carbonyl (C=O) groups is 1. The Bertz CT molecular complexity index is 528. The Morgan fingerprint density at radius 2 is 2.47 bits per heavy atom. The van der Waals surface area contributed by atoms with Gasteiger partial charge >= 0.3 is 5.97 Å². The number of fused-ring (bicyclic) bond motifs is 1. The van der Waals surface area contributed by atoms with Crippen LogP contribution in [0.5, 0.6) is 0 Å². The third-order valence-corrected chi connectivity index (χ3v) is 2.20. The normalized spacial score (nSPS) is 10.2. The molecule has 0 saturated carbocycles. The summed E-state index contributed by atoms with van der Waals surface area (Å²) < 4.78 is 4.66. The van der Waals surface area contributed by atoms with Crippen molar-refractivity contribution in [2.75, 3.05) is 7.11 Å². The Labute approximate surface area is 86.6 Å². The van der Waals surface area contributed by atoms with Gasteiger partial charge in [-0.05, 0) is 12.1 Å². The number of nitrogens with one attached hydrogen (secondary N) is 1. The van der Waals surface area contributed by atoms with Crippen LogP contribution in [0.2, 0.25) is 0 Å². The lowest BCUT2D eigenvalue weighted by Gasteiger charge is -1.96. The second-order valence-corrected chi connectivity index (χ2v) is 3.01. The van der Waals surface area contributed by atoms with Gasteiger partial charge in [0.2, 0.25) is 0 Å². The number of hydrogen-bond donors (Lipinski definition) is 1. The summed E-state index contributed by atoms with van der Waals surface area (Å²) in [6, 6.07) is 3.69. The Morgan fingerprint density at radius 3 is 3.13 bits per heavy atom. The smallest absolute Gasteiger partial charge is 0.355 e. The maximum Gasteiger partial charge on any atom is 0.355 e. The standard InChI is InChI=1S/C11H10N2O2/c1-3-7-8-5-4-6-12-10(8)13-9(7)11(14)15-2/h3-6H,1H2,2H3,(H,12,13). The van der Waals surface area contributed by atoms with E-state index in [1.165, 1.54) is 7.11 Å². The van der Waals surface area contributed by atoms with Crippen molar-refractivity contribution in [3.8, 4) is 0 Å². The fraction of sp³-hybridized carbons (Fsp3) is 0.0909. The maximum absolute atomic E-state index is 11.4. The van der Waals surface area contributed by atoms with Gasteiger partial charge in [0.1, 0.15) is 11.3 Å². The number of methoxy groups -OCH3 is 1. The van der Waals surface area contributed by atoms with E-state index >= 15 is 0 Å². The van der Waals surface area contributed by atoms with Gasteiger partial charge in [0, 0.05) is 17.1 Å². The molecule has 0 aliphatic carbocycles. The van der Waals surface area contributed by atoms with Gasteiger partial charge in [-0.15, -0.1) is 0 Å². The molecule has 2 heterocycles. The van der Waals surface area contributed by atoms with Crippen LogP contribution < -0.4 is 0 Å². The van der Waals surface area contributed by atoms with Crippen LogP contribution in [-0.4, -0.2) is 23.0 Å². The van der Waals surface area contributed by atoms with E-state index in [1.807, 2.05) is 12.1 Å². The third kappa shape index (κ3) is 1.40. The van der Waals surface area contributed by atoms with Gasteiger partial charge in [0.15, 0.2) is 0 Å². The molecule has 0 saturated heterocycles. The van der Waals surface area contributed by atoms with Gasteiger partial charge in [0.05, 0.1) is 7.11 Å². The number of rotatable bonds is 2. The van der Waals surface area contributed by atoms with Crippen molar-refractivity contribution in [2.24, 2.45) is 0 Å². The molecular weight excluding hydrogens is 192 g/mol. The monoisotopic (exact) mass is 202 g/mol. The first-order chi connectivity index (χ1) is 7.27. The molecule has 0 unspecified atom stereocenters. The number of aromatic amines is 1. The lowest BCUT2D eigenvalue weighted by Crippen LogP contribution is -2.03. The summed E-state index contributed by atoms with van der Waals surface area (Å²) in [6.45, 7) is 3.68. The second-order valence-electron chi connectivity index (χ2n) is 3.01. The number of hydrogen-bond acceptors (Lipinski definition) is 3. The van der Waals surface area contributed by atoms with Crippen molar-refractivity contribution in [2.45, 2.75) is 0 Å². The van der Waals surface area contributed by atoms with E-state index in [0.29, 0.717) is 11.3 Å². The zero-order valence-electron chi connectivity index (χ0n) is 8.28. The van der Waals surface area contributed by atoms with Crippen molar-refractivity contribution in [3.63, 3.8) is 0 Å². The van der Waals surface area contributed by atoms with E-state index in [-0.39, 0.29) is 0 Å². The summed E-state index contributed by atoms with van der Waals surface area (Å²) in [7, 11) is 1.34. The predicted octanol–water partition coefficient (Wildman–Crippen LogP) is 1.99. The molecule has 0 amide bonds. The summed E-state index contributed by atoms with van der Waals surface area (Å²) >= 11 is 0. The van der Waals surface area contributed by atoms with Crippen LogP contribution in [0.4, 0.5) is 0 Å². The largest absolute Gasteiger partial charge is 0.464 e. The van der Waals surface area contributed by atoms with Gasteiger partial charge < -0.3 is 9.72 Å². The molecule has 2 aromatic heterocycles. The number of H-pyrrole nitrogens is 1. The van der Waals surface area contributed by atoms with E-state index in [9.17, 15) is 4.79 Å². The van der Waals surface area contributed by atoms with E-state index < -0.39 is 5.97 Å². The fourth-order valence-corrected chi connectivity index (χ4v) is 1.52. The molecule has 15 heavy (non-hydrogen) atoms. The van der Waals surface area contributed by atoms with Gasteiger partial charge in [0.25, 0.3) is 0 Å². The maximum atomic E-state index is 11.4. The highest BCUT2D eigenvalue weighted by Crippen LogP contribution is 2.22. The minimum Gasteiger partial charge on any atom is -0.464 e. The average molecular weight is 202 g/mol. The zero-order valence-corrected chi connectivity index (χ0v) is 8.28. The lowest BCUT2D eigenvalue weighted by atomic mass is 10.1. The van der Waals surface area contributed by atoms with E-state index in [2.05, 4.69) is 21.3 Å². The number of carbonyl (C=O) groups excluding carboxylic acids is 1. The number of pyridine rings is 1. The van der Waals surface area contributed by atoms with E-state index in [4.69, 9.17) is 0 Å². The van der Waals surface area contributed by atoms with Gasteiger partial charge in [-0.2, -0.15) is 0 Å². The van der Waals surface area contributed by atoms with Crippen molar-refractivity contribution in [3.05, 3.63) is 36.2 Å². The number of nitrogens with zero attached hydrogens (tertiary/aromatic N) is 1. The van der Waals surface area contributed by atoms with Crippen molar-refractivity contribution in [1.29, 1.82) is 0 Å². The summed E-state index contributed by atoms with van der Waals surface area (Å²) in [6.07, 6.45) is 3.28. The molecular formula is C11H10N2O2. The molecule has 76 valence electrons. The predicted molar refractivity (Wildman–Crippen MR) is 57.5 cm³/mol. The highest BCUT2D eigenvalue weighted by atomic mass is 16.5. The van der Waals surface area contributed by atoms with Crippen molar-refractivity contribution < 1.29 is 9.53 Å². The quantitative estimate of drug-likeness (QED) is 0.757. The number of esters is 1. The fourth-order valence-electron chi connectivity index (χ4n) is 1.52. The summed E-state index contributed by atoms with van der Waals surface area (Å²) in [5, 5.41) is 0.868. The Hall–Kier alpha value is -2.10. The van der Waals surface area contributed by atoms with Gasteiger partial charge in [-0.25, -0.2) is 9.78 Å². The minimum atomic E-state index is -0.414. The molecule has 2 aromatic rings. The molecule has 0 radical (unpaired) electrons. The van der Waals surface area contributed by atoms with Crippen LogP contribution in [0.15, 0.2) is 24.9 Å². The summed E-state index contributed by atoms with van der Waals surface area (Å²) in [5.74, 6) is -0.414. The Morgan fingerprint density at radius 1 is 1.67 bits per heavy atom. The molecule has 2 rings (SSSR count). The third-order valence-electron chi connectivity index (χ3n) is 2.20. The van der Waals surface area contributed by atoms with Crippen LogP contribution in [0.25, 0.3) is 17.1 Å². The Balaban J connectivity index is 2.74. The zero-order chi connectivity index (χ0) is 10.8. The number of ether oxygens (including phenoxy) is 1. The Kier molecular flexibility index (Phi) is 2.25. The van der Waals surface area contributed by atoms with Crippen LogP contribution in [0.3, 0.4) is 0 Å². The van der Waals surface area contributed by atoms with Crippen LogP contribution >= 0.6 is 0 Å². The average Bonchev–Trinajstić information content (AvgIpc) is 2.66. The first-order valence-corrected chi connectivity index (χ1v) is 4.45. The second kappa shape index (κ2) is 3.57. The van der Waals surface area contributed by atoms with Crippen LogP contribution in [0.1, 0.15) is 16.1 Å².